The van der Waals surface area contributed by atoms with E-state index in [0.717, 1.165) is 38.3 Å². The lowest BCUT2D eigenvalue weighted by Gasteiger charge is -2.39. The average Bonchev–Trinajstić information content (AvgIpc) is 3.02. The van der Waals surface area contributed by atoms with E-state index < -0.39 is 0 Å². The highest BCUT2D eigenvalue weighted by molar-refractivity contribution is 5.25. The van der Waals surface area contributed by atoms with Crippen LogP contribution in [0.1, 0.15) is 17.0 Å². The van der Waals surface area contributed by atoms with Crippen LogP contribution < -0.4 is 0 Å². The lowest BCUT2D eigenvalue weighted by Crippen LogP contribution is -2.51. The van der Waals surface area contributed by atoms with Crippen LogP contribution in [0.5, 0.6) is 0 Å². The third-order valence-corrected chi connectivity index (χ3v) is 5.75. The fraction of sp³-hybridized carbons (Fsp3) is 0.429. The number of hydrogen-bond acceptors (Lipinski definition) is 3. The van der Waals surface area contributed by atoms with Crippen molar-refractivity contribution in [2.24, 2.45) is 5.92 Å². The minimum atomic E-state index is -0.181. The Bertz CT molecular complexity index is 691. The Hall–Kier alpha value is -1.75. The lowest BCUT2D eigenvalue weighted by atomic mass is 9.84. The van der Waals surface area contributed by atoms with Gasteiger partial charge >= 0.3 is 0 Å². The highest BCUT2D eigenvalue weighted by atomic mass is 19.1. The van der Waals surface area contributed by atoms with E-state index >= 15 is 0 Å². The average molecular weight is 340 g/mol. The molecule has 0 radical (unpaired) electrons. The number of rotatable bonds is 4. The molecular weight excluding hydrogens is 315 g/mol. The summed E-state index contributed by atoms with van der Waals surface area (Å²) in [5.74, 6) is 0.500. The van der Waals surface area contributed by atoms with Crippen LogP contribution in [0.4, 0.5) is 4.39 Å². The van der Waals surface area contributed by atoms with Crippen molar-refractivity contribution in [3.8, 4) is 0 Å². The highest BCUT2D eigenvalue weighted by Gasteiger charge is 2.44. The topological polar surface area (TPSA) is 26.7 Å². The first-order valence-electron chi connectivity index (χ1n) is 9.11. The monoisotopic (exact) mass is 340 g/mol. The molecule has 2 aromatic rings. The number of hydrogen-bond donors (Lipinski definition) is 1. The molecule has 2 saturated heterocycles. The van der Waals surface area contributed by atoms with Gasteiger partial charge in [0.25, 0.3) is 0 Å². The molecule has 25 heavy (non-hydrogen) atoms. The minimum absolute atomic E-state index is 0.181. The molecule has 0 amide bonds. The maximum absolute atomic E-state index is 13.1. The Balaban J connectivity index is 1.51. The third kappa shape index (κ3) is 3.47. The van der Waals surface area contributed by atoms with Gasteiger partial charge in [0.2, 0.25) is 0 Å². The van der Waals surface area contributed by atoms with Crippen LogP contribution in [0.3, 0.4) is 0 Å². The Labute approximate surface area is 148 Å². The van der Waals surface area contributed by atoms with Crippen LogP contribution in [-0.2, 0) is 6.54 Å². The van der Waals surface area contributed by atoms with Crippen LogP contribution in [0, 0.1) is 11.7 Å². The first-order chi connectivity index (χ1) is 12.2. The van der Waals surface area contributed by atoms with E-state index in [4.69, 9.17) is 0 Å². The van der Waals surface area contributed by atoms with Crippen molar-refractivity contribution < 1.29 is 9.50 Å². The molecule has 0 unspecified atom stereocenters. The zero-order chi connectivity index (χ0) is 17.2. The molecule has 0 aromatic heterocycles. The maximum atomic E-state index is 13.1. The Morgan fingerprint density at radius 1 is 0.960 bits per heavy atom. The van der Waals surface area contributed by atoms with E-state index in [2.05, 4.69) is 34.1 Å². The second-order valence-electron chi connectivity index (χ2n) is 7.30. The van der Waals surface area contributed by atoms with E-state index in [1.807, 2.05) is 18.2 Å². The predicted molar refractivity (Wildman–Crippen MR) is 96.8 cm³/mol. The minimum Gasteiger partial charge on any atom is -0.396 e. The fourth-order valence-electron chi connectivity index (χ4n) is 4.54. The standard InChI is InChI=1S/C21H25FN2O/c22-19-8-6-16(7-9-19)12-23-10-11-24-13-18(15-25)21(20(24)14-23)17-4-2-1-3-5-17/h1-9,18,20-21,25H,10-15H2/t18-,20+,21-/m0/s1. The quantitative estimate of drug-likeness (QED) is 0.927. The van der Waals surface area contributed by atoms with Gasteiger partial charge in [0.1, 0.15) is 5.82 Å². The molecule has 2 fully saturated rings. The van der Waals surface area contributed by atoms with Crippen LogP contribution in [0.25, 0.3) is 0 Å². The van der Waals surface area contributed by atoms with Gasteiger partial charge in [-0.1, -0.05) is 42.5 Å². The molecule has 3 atom stereocenters. The summed E-state index contributed by atoms with van der Waals surface area (Å²) < 4.78 is 13.1. The summed E-state index contributed by atoms with van der Waals surface area (Å²) >= 11 is 0. The van der Waals surface area contributed by atoms with Gasteiger partial charge < -0.3 is 5.11 Å². The van der Waals surface area contributed by atoms with Crippen molar-refractivity contribution in [1.82, 2.24) is 9.80 Å². The maximum Gasteiger partial charge on any atom is 0.123 e. The summed E-state index contributed by atoms with van der Waals surface area (Å²) in [6, 6.07) is 17.9. The molecular formula is C21H25FN2O. The molecule has 3 nitrogen and oxygen atoms in total. The SMILES string of the molecule is OC[C@@H]1CN2CCN(Cc3ccc(F)cc3)C[C@@H]2[C@H]1c1ccccc1. The first kappa shape index (κ1) is 16.7. The molecule has 2 aliphatic heterocycles. The summed E-state index contributed by atoms with van der Waals surface area (Å²) in [5.41, 5.74) is 2.49. The van der Waals surface area contributed by atoms with Gasteiger partial charge in [-0.05, 0) is 23.3 Å². The van der Waals surface area contributed by atoms with Gasteiger partial charge in [0.15, 0.2) is 0 Å². The van der Waals surface area contributed by atoms with Crippen molar-refractivity contribution >= 4 is 0 Å². The molecule has 0 bridgehead atoms. The zero-order valence-electron chi connectivity index (χ0n) is 14.4. The van der Waals surface area contributed by atoms with E-state index in [1.165, 1.54) is 17.7 Å². The normalized spacial score (nSPS) is 27.4. The number of aliphatic hydroxyl groups is 1. The molecule has 2 heterocycles. The van der Waals surface area contributed by atoms with Crippen molar-refractivity contribution in [3.63, 3.8) is 0 Å². The number of aliphatic hydroxyl groups excluding tert-OH is 1. The van der Waals surface area contributed by atoms with E-state index in [1.54, 1.807) is 0 Å². The molecule has 0 spiro atoms. The Morgan fingerprint density at radius 3 is 2.44 bits per heavy atom. The smallest absolute Gasteiger partial charge is 0.123 e. The van der Waals surface area contributed by atoms with Crippen molar-refractivity contribution in [2.45, 2.75) is 18.5 Å². The second-order valence-corrected chi connectivity index (χ2v) is 7.30. The number of fused-ring (bicyclic) bond motifs is 1. The summed E-state index contributed by atoms with van der Waals surface area (Å²) in [7, 11) is 0. The number of halogens is 1. The summed E-state index contributed by atoms with van der Waals surface area (Å²) in [6.45, 7) is 5.12. The van der Waals surface area contributed by atoms with Gasteiger partial charge in [-0.3, -0.25) is 9.80 Å². The molecule has 0 saturated carbocycles. The Kier molecular flexibility index (Phi) is 4.84. The van der Waals surface area contributed by atoms with Crippen molar-refractivity contribution in [3.05, 3.63) is 71.5 Å². The lowest BCUT2D eigenvalue weighted by molar-refractivity contribution is 0.0932. The zero-order valence-corrected chi connectivity index (χ0v) is 14.4. The molecule has 4 rings (SSSR count). The summed E-state index contributed by atoms with van der Waals surface area (Å²) in [5, 5.41) is 9.90. The van der Waals surface area contributed by atoms with Crippen LogP contribution in [-0.4, -0.2) is 53.7 Å². The number of nitrogens with zero attached hydrogens (tertiary/aromatic N) is 2. The molecule has 2 aliphatic rings. The first-order valence-corrected chi connectivity index (χ1v) is 9.11. The second kappa shape index (κ2) is 7.24. The fourth-order valence-corrected chi connectivity index (χ4v) is 4.54. The third-order valence-electron chi connectivity index (χ3n) is 5.75. The van der Waals surface area contributed by atoms with Crippen LogP contribution in [0.15, 0.2) is 54.6 Å². The van der Waals surface area contributed by atoms with Crippen molar-refractivity contribution in [2.75, 3.05) is 32.8 Å². The van der Waals surface area contributed by atoms with Gasteiger partial charge in [0.05, 0.1) is 0 Å². The molecule has 132 valence electrons. The number of benzene rings is 2. The molecule has 4 heteroatoms. The summed E-state index contributed by atoms with van der Waals surface area (Å²) in [6.07, 6.45) is 0. The van der Waals surface area contributed by atoms with E-state index in [9.17, 15) is 9.50 Å². The van der Waals surface area contributed by atoms with Gasteiger partial charge in [-0.25, -0.2) is 4.39 Å². The van der Waals surface area contributed by atoms with Gasteiger partial charge in [-0.2, -0.15) is 0 Å². The highest BCUT2D eigenvalue weighted by Crippen LogP contribution is 2.39. The van der Waals surface area contributed by atoms with Crippen LogP contribution in [0.2, 0.25) is 0 Å². The largest absolute Gasteiger partial charge is 0.396 e. The van der Waals surface area contributed by atoms with Crippen molar-refractivity contribution in [1.29, 1.82) is 0 Å². The summed E-state index contributed by atoms with van der Waals surface area (Å²) in [4.78, 5) is 5.00. The van der Waals surface area contributed by atoms with Crippen LogP contribution >= 0.6 is 0 Å². The predicted octanol–water partition coefficient (Wildman–Crippen LogP) is 2.72. The van der Waals surface area contributed by atoms with Gasteiger partial charge in [0, 0.05) is 57.2 Å². The molecule has 2 aromatic carbocycles. The number of piperazine rings is 1. The Morgan fingerprint density at radius 2 is 1.72 bits per heavy atom. The molecule has 1 N–H and O–H groups in total. The van der Waals surface area contributed by atoms with Gasteiger partial charge in [-0.15, -0.1) is 0 Å². The molecule has 0 aliphatic carbocycles. The van der Waals surface area contributed by atoms with E-state index in [-0.39, 0.29) is 12.4 Å². The van der Waals surface area contributed by atoms with E-state index in [0.29, 0.717) is 17.9 Å².